The zero-order valence-corrected chi connectivity index (χ0v) is 11.8. The van der Waals surface area contributed by atoms with Crippen molar-refractivity contribution in [1.29, 1.82) is 0 Å². The predicted octanol–water partition coefficient (Wildman–Crippen LogP) is 0.939. The number of hydrogen-bond acceptors (Lipinski definition) is 4. The van der Waals surface area contributed by atoms with E-state index in [1.165, 1.54) is 19.2 Å². The topological polar surface area (TPSA) is 93.4 Å². The Morgan fingerprint density at radius 1 is 1.55 bits per heavy atom. The van der Waals surface area contributed by atoms with Crippen molar-refractivity contribution in [2.24, 2.45) is 0 Å². The minimum absolute atomic E-state index is 0.176. The van der Waals surface area contributed by atoms with Gasteiger partial charge in [0.2, 0.25) is 5.91 Å². The molecule has 7 heteroatoms. The monoisotopic (exact) mass is 297 g/mol. The highest BCUT2D eigenvalue weighted by molar-refractivity contribution is 6.33. The molecule has 1 saturated heterocycles. The summed E-state index contributed by atoms with van der Waals surface area (Å²) in [5.41, 5.74) is 6.25. The molecule has 0 radical (unpaired) electrons. The minimum atomic E-state index is -0.530. The largest absolute Gasteiger partial charge is 0.496 e. The van der Waals surface area contributed by atoms with Crippen LogP contribution in [-0.2, 0) is 4.79 Å². The van der Waals surface area contributed by atoms with Crippen molar-refractivity contribution in [3.63, 3.8) is 0 Å². The number of amides is 2. The average molecular weight is 298 g/mol. The molecule has 1 aromatic rings. The van der Waals surface area contributed by atoms with Crippen molar-refractivity contribution in [3.05, 3.63) is 22.7 Å². The fourth-order valence-corrected chi connectivity index (χ4v) is 2.22. The molecule has 0 aromatic heterocycles. The molecular formula is C13H16ClN3O3. The predicted molar refractivity (Wildman–Crippen MR) is 75.9 cm³/mol. The number of piperidine rings is 1. The molecule has 1 fully saturated rings. The van der Waals surface area contributed by atoms with Crippen LogP contribution >= 0.6 is 11.6 Å². The van der Waals surface area contributed by atoms with Gasteiger partial charge >= 0.3 is 0 Å². The summed E-state index contributed by atoms with van der Waals surface area (Å²) in [7, 11) is 1.44. The van der Waals surface area contributed by atoms with Crippen molar-refractivity contribution in [2.75, 3.05) is 19.4 Å². The summed E-state index contributed by atoms with van der Waals surface area (Å²) in [4.78, 5) is 23.9. The fraction of sp³-hybridized carbons (Fsp3) is 0.385. The smallest absolute Gasteiger partial charge is 0.255 e. The number of hydrogen-bond donors (Lipinski definition) is 3. The molecule has 0 spiro atoms. The van der Waals surface area contributed by atoms with E-state index < -0.39 is 11.9 Å². The molecule has 1 aliphatic rings. The molecular weight excluding hydrogens is 282 g/mol. The van der Waals surface area contributed by atoms with Gasteiger partial charge in [-0.2, -0.15) is 0 Å². The van der Waals surface area contributed by atoms with E-state index in [1.54, 1.807) is 0 Å². The van der Waals surface area contributed by atoms with Crippen LogP contribution in [0, 0.1) is 0 Å². The molecule has 6 nitrogen and oxygen atoms in total. The standard InChI is InChI=1S/C13H16ClN3O3/c1-20-11-6-9(15)8(14)5-7(11)12(18)17-10-3-2-4-16-13(10)19/h5-6,10H,2-4,15H2,1H3,(H,16,19)(H,17,18). The van der Waals surface area contributed by atoms with Crippen LogP contribution in [-0.4, -0.2) is 31.5 Å². The van der Waals surface area contributed by atoms with Crippen LogP contribution < -0.4 is 21.1 Å². The van der Waals surface area contributed by atoms with Crippen molar-refractivity contribution in [1.82, 2.24) is 10.6 Å². The van der Waals surface area contributed by atoms with E-state index in [2.05, 4.69) is 10.6 Å². The summed E-state index contributed by atoms with van der Waals surface area (Å²) < 4.78 is 5.12. The number of benzene rings is 1. The SMILES string of the molecule is COc1cc(N)c(Cl)cc1C(=O)NC1CCCNC1=O. The summed E-state index contributed by atoms with van der Waals surface area (Å²) in [5, 5.41) is 5.65. The molecule has 0 bridgehead atoms. The molecule has 0 saturated carbocycles. The lowest BCUT2D eigenvalue weighted by Crippen LogP contribution is -2.50. The highest BCUT2D eigenvalue weighted by Gasteiger charge is 2.25. The second-order valence-corrected chi connectivity index (χ2v) is 4.94. The van der Waals surface area contributed by atoms with Gasteiger partial charge < -0.3 is 21.1 Å². The van der Waals surface area contributed by atoms with Gasteiger partial charge in [-0.15, -0.1) is 0 Å². The van der Waals surface area contributed by atoms with Gasteiger partial charge in [-0.3, -0.25) is 9.59 Å². The zero-order valence-electron chi connectivity index (χ0n) is 11.0. The van der Waals surface area contributed by atoms with Crippen molar-refractivity contribution < 1.29 is 14.3 Å². The number of carbonyl (C=O) groups is 2. The van der Waals surface area contributed by atoms with Gasteiger partial charge in [0.25, 0.3) is 5.91 Å². The summed E-state index contributed by atoms with van der Waals surface area (Å²) in [6, 6.07) is 2.39. The van der Waals surface area contributed by atoms with Gasteiger partial charge in [-0.05, 0) is 18.9 Å². The molecule has 1 atom stereocenters. The van der Waals surface area contributed by atoms with Crippen molar-refractivity contribution in [3.8, 4) is 5.75 Å². The van der Waals surface area contributed by atoms with E-state index in [9.17, 15) is 9.59 Å². The molecule has 20 heavy (non-hydrogen) atoms. The number of nitrogens with two attached hydrogens (primary N) is 1. The molecule has 4 N–H and O–H groups in total. The maximum absolute atomic E-state index is 12.2. The first-order valence-electron chi connectivity index (χ1n) is 6.24. The second kappa shape index (κ2) is 6.00. The van der Waals surface area contributed by atoms with Crippen molar-refractivity contribution >= 4 is 29.1 Å². The van der Waals surface area contributed by atoms with Gasteiger partial charge in [-0.25, -0.2) is 0 Å². The van der Waals surface area contributed by atoms with Gasteiger partial charge in [0.15, 0.2) is 0 Å². The van der Waals surface area contributed by atoms with Crippen LogP contribution in [0.5, 0.6) is 5.75 Å². The summed E-state index contributed by atoms with van der Waals surface area (Å²) in [6.07, 6.45) is 1.44. The van der Waals surface area contributed by atoms with Gasteiger partial charge in [0.1, 0.15) is 11.8 Å². The lowest BCUT2D eigenvalue weighted by Gasteiger charge is -2.23. The van der Waals surface area contributed by atoms with E-state index in [0.717, 1.165) is 6.42 Å². The Kier molecular flexibility index (Phi) is 4.34. The maximum atomic E-state index is 12.2. The molecule has 1 heterocycles. The van der Waals surface area contributed by atoms with Crippen LogP contribution in [0.1, 0.15) is 23.2 Å². The third-order valence-electron chi connectivity index (χ3n) is 3.15. The number of halogens is 1. The number of rotatable bonds is 3. The summed E-state index contributed by atoms with van der Waals surface area (Å²) in [5.74, 6) is -0.267. The first-order chi connectivity index (χ1) is 9.52. The number of carbonyl (C=O) groups excluding carboxylic acids is 2. The Balaban J connectivity index is 2.20. The van der Waals surface area contributed by atoms with Gasteiger partial charge in [-0.1, -0.05) is 11.6 Å². The second-order valence-electron chi connectivity index (χ2n) is 4.53. The Labute approximate surface area is 121 Å². The average Bonchev–Trinajstić information content (AvgIpc) is 2.43. The molecule has 0 aliphatic carbocycles. The normalized spacial score (nSPS) is 18.3. The third kappa shape index (κ3) is 2.96. The molecule has 1 unspecified atom stereocenters. The van der Waals surface area contributed by atoms with E-state index in [4.69, 9.17) is 22.1 Å². The minimum Gasteiger partial charge on any atom is -0.496 e. The summed E-state index contributed by atoms with van der Waals surface area (Å²) in [6.45, 7) is 0.641. The number of methoxy groups -OCH3 is 1. The van der Waals surface area contributed by atoms with Crippen LogP contribution in [0.15, 0.2) is 12.1 Å². The maximum Gasteiger partial charge on any atom is 0.255 e. The van der Waals surface area contributed by atoms with Crippen LogP contribution in [0.3, 0.4) is 0 Å². The van der Waals surface area contributed by atoms with E-state index in [1.807, 2.05) is 0 Å². The Morgan fingerprint density at radius 2 is 2.30 bits per heavy atom. The quantitative estimate of drug-likeness (QED) is 0.724. The number of ether oxygens (including phenoxy) is 1. The first-order valence-corrected chi connectivity index (χ1v) is 6.62. The Hall–Kier alpha value is -1.95. The van der Waals surface area contributed by atoms with Gasteiger partial charge in [0.05, 0.1) is 23.4 Å². The lowest BCUT2D eigenvalue weighted by molar-refractivity contribution is -0.124. The Bertz CT molecular complexity index is 548. The highest BCUT2D eigenvalue weighted by Crippen LogP contribution is 2.28. The number of nitrogen functional groups attached to an aromatic ring is 1. The third-order valence-corrected chi connectivity index (χ3v) is 3.48. The lowest BCUT2D eigenvalue weighted by atomic mass is 10.1. The summed E-state index contributed by atoms with van der Waals surface area (Å²) >= 11 is 5.92. The zero-order chi connectivity index (χ0) is 14.7. The molecule has 1 aromatic carbocycles. The van der Waals surface area contributed by atoms with Crippen LogP contribution in [0.4, 0.5) is 5.69 Å². The van der Waals surface area contributed by atoms with E-state index >= 15 is 0 Å². The number of nitrogens with one attached hydrogen (secondary N) is 2. The van der Waals surface area contributed by atoms with Crippen molar-refractivity contribution in [2.45, 2.75) is 18.9 Å². The highest BCUT2D eigenvalue weighted by atomic mass is 35.5. The molecule has 1 aliphatic heterocycles. The first kappa shape index (κ1) is 14.5. The molecule has 108 valence electrons. The van der Waals surface area contributed by atoms with E-state index in [-0.39, 0.29) is 16.5 Å². The van der Waals surface area contributed by atoms with Crippen LogP contribution in [0.25, 0.3) is 0 Å². The fourth-order valence-electron chi connectivity index (χ4n) is 2.06. The molecule has 2 rings (SSSR count). The number of anilines is 1. The van der Waals surface area contributed by atoms with Gasteiger partial charge in [0, 0.05) is 12.6 Å². The molecule has 2 amide bonds. The van der Waals surface area contributed by atoms with E-state index in [0.29, 0.717) is 24.4 Å². The Morgan fingerprint density at radius 3 is 2.95 bits per heavy atom. The van der Waals surface area contributed by atoms with Crippen LogP contribution in [0.2, 0.25) is 5.02 Å².